The van der Waals surface area contributed by atoms with Crippen molar-refractivity contribution in [1.82, 2.24) is 0 Å². The first-order valence-corrected chi connectivity index (χ1v) is 8.10. The highest BCUT2D eigenvalue weighted by Crippen LogP contribution is 2.39. The standard InChI is InChI=1S/C11H15O4P.2C2H6/c1-13-11(12)10-6-4-9(5-7-10)8-16(14-2)15-3;2*1-2/h4-7H,8H2,1-3H3;2*1-2H3. The fraction of sp³-hybridized carbons (Fsp3) is 0.533. The molecule has 1 aromatic rings. The van der Waals surface area contributed by atoms with Crippen LogP contribution in [0.2, 0.25) is 0 Å². The minimum absolute atomic E-state index is 0.327. The zero-order chi connectivity index (χ0) is 16.0. The molecule has 116 valence electrons. The van der Waals surface area contributed by atoms with E-state index in [0.29, 0.717) is 11.7 Å². The third-order valence-corrected chi connectivity index (χ3v) is 3.53. The summed E-state index contributed by atoms with van der Waals surface area (Å²) in [5.74, 6) is -0.327. The van der Waals surface area contributed by atoms with Gasteiger partial charge in [-0.2, -0.15) is 0 Å². The van der Waals surface area contributed by atoms with Gasteiger partial charge in [0.25, 0.3) is 0 Å². The van der Waals surface area contributed by atoms with Crippen molar-refractivity contribution in [2.24, 2.45) is 0 Å². The first kappa shape index (κ1) is 21.3. The van der Waals surface area contributed by atoms with Crippen LogP contribution in [0.5, 0.6) is 0 Å². The van der Waals surface area contributed by atoms with Gasteiger partial charge >= 0.3 is 5.97 Å². The summed E-state index contributed by atoms with van der Waals surface area (Å²) in [6, 6.07) is 7.22. The van der Waals surface area contributed by atoms with Crippen LogP contribution in [0.3, 0.4) is 0 Å². The molecule has 0 N–H and O–H groups in total. The van der Waals surface area contributed by atoms with E-state index >= 15 is 0 Å². The Morgan fingerprint density at radius 1 is 0.950 bits per heavy atom. The molecule has 0 unspecified atom stereocenters. The highest BCUT2D eigenvalue weighted by Gasteiger charge is 2.09. The summed E-state index contributed by atoms with van der Waals surface area (Å²) in [6.45, 7) is 8.00. The zero-order valence-corrected chi connectivity index (χ0v) is 14.5. The molecular formula is C15H27O4P. The third-order valence-electron chi connectivity index (χ3n) is 2.09. The van der Waals surface area contributed by atoms with E-state index in [1.807, 2.05) is 39.8 Å². The molecule has 0 radical (unpaired) electrons. The molecule has 0 aromatic heterocycles. The topological polar surface area (TPSA) is 44.8 Å². The van der Waals surface area contributed by atoms with Gasteiger partial charge in [0.05, 0.1) is 12.7 Å². The molecule has 0 fully saturated rings. The number of hydrogen-bond donors (Lipinski definition) is 0. The van der Waals surface area contributed by atoms with Gasteiger partial charge in [-0.15, -0.1) is 0 Å². The summed E-state index contributed by atoms with van der Waals surface area (Å²) in [5.41, 5.74) is 1.62. The number of benzene rings is 1. The maximum absolute atomic E-state index is 11.2. The van der Waals surface area contributed by atoms with Gasteiger partial charge in [-0.05, 0) is 17.7 Å². The summed E-state index contributed by atoms with van der Waals surface area (Å²) >= 11 is 0. The average Bonchev–Trinajstić information content (AvgIpc) is 2.56. The molecule has 0 bridgehead atoms. The van der Waals surface area contributed by atoms with Gasteiger partial charge in [-0.1, -0.05) is 39.8 Å². The Morgan fingerprint density at radius 3 is 1.75 bits per heavy atom. The van der Waals surface area contributed by atoms with Gasteiger partial charge in [0.1, 0.15) is 0 Å². The molecule has 20 heavy (non-hydrogen) atoms. The predicted molar refractivity (Wildman–Crippen MR) is 85.1 cm³/mol. The molecule has 0 saturated heterocycles. The van der Waals surface area contributed by atoms with Crippen LogP contribution in [0, 0.1) is 0 Å². The number of ether oxygens (including phenoxy) is 1. The monoisotopic (exact) mass is 302 g/mol. The van der Waals surface area contributed by atoms with Crippen LogP contribution in [0.25, 0.3) is 0 Å². The van der Waals surface area contributed by atoms with E-state index < -0.39 is 8.38 Å². The van der Waals surface area contributed by atoms with Crippen LogP contribution < -0.4 is 0 Å². The minimum Gasteiger partial charge on any atom is -0.465 e. The Bertz CT molecular complexity index is 334. The van der Waals surface area contributed by atoms with Gasteiger partial charge in [0.15, 0.2) is 8.38 Å². The molecule has 1 aromatic carbocycles. The average molecular weight is 302 g/mol. The number of rotatable bonds is 5. The Kier molecular flexibility index (Phi) is 15.4. The van der Waals surface area contributed by atoms with E-state index in [1.165, 1.54) is 7.11 Å². The largest absolute Gasteiger partial charge is 0.465 e. The smallest absolute Gasteiger partial charge is 0.337 e. The van der Waals surface area contributed by atoms with Crippen LogP contribution >= 0.6 is 8.38 Å². The molecule has 0 amide bonds. The fourth-order valence-electron chi connectivity index (χ4n) is 1.22. The van der Waals surface area contributed by atoms with Crippen LogP contribution in [0.4, 0.5) is 0 Å². The summed E-state index contributed by atoms with van der Waals surface area (Å²) in [7, 11) is 3.74. The molecule has 0 spiro atoms. The number of methoxy groups -OCH3 is 1. The first-order valence-electron chi connectivity index (χ1n) is 6.74. The van der Waals surface area contributed by atoms with E-state index in [2.05, 4.69) is 4.74 Å². The second-order valence-corrected chi connectivity index (χ2v) is 4.76. The molecule has 0 atom stereocenters. The normalized spacial score (nSPS) is 9.00. The Hall–Kier alpha value is -0.960. The molecule has 0 saturated carbocycles. The fourth-order valence-corrected chi connectivity index (χ4v) is 2.13. The van der Waals surface area contributed by atoms with Gasteiger partial charge in [0.2, 0.25) is 0 Å². The third kappa shape index (κ3) is 8.26. The zero-order valence-electron chi connectivity index (χ0n) is 13.6. The number of carbonyl (C=O) groups excluding carboxylic acids is 1. The lowest BCUT2D eigenvalue weighted by atomic mass is 10.1. The van der Waals surface area contributed by atoms with Crippen LogP contribution in [0.15, 0.2) is 24.3 Å². The molecule has 0 aliphatic carbocycles. The summed E-state index contributed by atoms with van der Waals surface area (Å²) < 4.78 is 14.9. The Labute approximate surface area is 124 Å². The summed E-state index contributed by atoms with van der Waals surface area (Å²) in [5, 5.41) is 0. The lowest BCUT2D eigenvalue weighted by Crippen LogP contribution is -2.00. The lowest BCUT2D eigenvalue weighted by molar-refractivity contribution is 0.0600. The lowest BCUT2D eigenvalue weighted by Gasteiger charge is -2.11. The van der Waals surface area contributed by atoms with Crippen molar-refractivity contribution in [3.8, 4) is 0 Å². The highest BCUT2D eigenvalue weighted by molar-refractivity contribution is 7.46. The molecular weight excluding hydrogens is 275 g/mol. The number of hydrogen-bond acceptors (Lipinski definition) is 4. The van der Waals surface area contributed by atoms with E-state index in [0.717, 1.165) is 5.56 Å². The van der Waals surface area contributed by atoms with E-state index in [9.17, 15) is 4.79 Å². The number of carbonyl (C=O) groups is 1. The Balaban J connectivity index is 0. The van der Waals surface area contributed by atoms with Crippen molar-refractivity contribution in [3.63, 3.8) is 0 Å². The highest BCUT2D eigenvalue weighted by atomic mass is 31.2. The van der Waals surface area contributed by atoms with E-state index in [1.54, 1.807) is 26.4 Å². The van der Waals surface area contributed by atoms with Crippen molar-refractivity contribution in [1.29, 1.82) is 0 Å². The minimum atomic E-state index is -0.877. The van der Waals surface area contributed by atoms with E-state index in [-0.39, 0.29) is 5.97 Å². The van der Waals surface area contributed by atoms with Crippen molar-refractivity contribution >= 4 is 14.3 Å². The maximum Gasteiger partial charge on any atom is 0.337 e. The van der Waals surface area contributed by atoms with Crippen molar-refractivity contribution in [2.75, 3.05) is 21.3 Å². The molecule has 0 heterocycles. The van der Waals surface area contributed by atoms with Crippen LogP contribution in [0.1, 0.15) is 43.6 Å². The van der Waals surface area contributed by atoms with Gasteiger partial charge in [-0.3, -0.25) is 0 Å². The first-order chi connectivity index (χ1) is 9.71. The summed E-state index contributed by atoms with van der Waals surface area (Å²) in [4.78, 5) is 11.2. The van der Waals surface area contributed by atoms with Crippen molar-refractivity contribution in [2.45, 2.75) is 33.9 Å². The van der Waals surface area contributed by atoms with Gasteiger partial charge in [0, 0.05) is 20.4 Å². The molecule has 0 aliphatic rings. The maximum atomic E-state index is 11.2. The van der Waals surface area contributed by atoms with Crippen molar-refractivity contribution in [3.05, 3.63) is 35.4 Å². The predicted octanol–water partition coefficient (Wildman–Crippen LogP) is 4.63. The van der Waals surface area contributed by atoms with Crippen LogP contribution in [-0.2, 0) is 19.9 Å². The SMILES string of the molecule is CC.CC.COC(=O)c1ccc(CP(OC)OC)cc1. The number of esters is 1. The molecule has 1 rings (SSSR count). The summed E-state index contributed by atoms with van der Waals surface area (Å²) in [6.07, 6.45) is 0.712. The molecule has 0 aliphatic heterocycles. The van der Waals surface area contributed by atoms with Gasteiger partial charge in [-0.25, -0.2) is 4.79 Å². The molecule has 4 nitrogen and oxygen atoms in total. The van der Waals surface area contributed by atoms with Crippen molar-refractivity contribution < 1.29 is 18.6 Å². The second kappa shape index (κ2) is 14.4. The molecule has 5 heteroatoms. The van der Waals surface area contributed by atoms with Crippen LogP contribution in [-0.4, -0.2) is 27.3 Å². The van der Waals surface area contributed by atoms with Gasteiger partial charge < -0.3 is 13.8 Å². The van der Waals surface area contributed by atoms with E-state index in [4.69, 9.17) is 9.05 Å². The second-order valence-electron chi connectivity index (χ2n) is 3.04. The Morgan fingerprint density at radius 2 is 1.40 bits per heavy atom. The quantitative estimate of drug-likeness (QED) is 0.587.